The van der Waals surface area contributed by atoms with Gasteiger partial charge in [-0.05, 0) is 6.72 Å². The predicted molar refractivity (Wildman–Crippen MR) is 49.5 cm³/mol. The first-order chi connectivity index (χ1) is 5.64. The van der Waals surface area contributed by atoms with Crippen LogP contribution in [-0.4, -0.2) is 57.7 Å². The molecule has 0 amide bonds. The number of nitrogens with zero attached hydrogens (tertiary/aromatic N) is 2. The van der Waals surface area contributed by atoms with Gasteiger partial charge in [-0.15, -0.1) is 0 Å². The van der Waals surface area contributed by atoms with Crippen molar-refractivity contribution >= 4 is 16.6 Å². The van der Waals surface area contributed by atoms with Gasteiger partial charge in [-0.3, -0.25) is 9.89 Å². The minimum Gasteiger partial charge on any atom is -0.300 e. The maximum Gasteiger partial charge on any atom is 0.152 e. The predicted octanol–water partition coefficient (Wildman–Crippen LogP) is -0.583. The largest absolute Gasteiger partial charge is 0.300 e. The molecular formula is C7H14N2O2S. The van der Waals surface area contributed by atoms with Crippen LogP contribution in [0.4, 0.5) is 0 Å². The van der Waals surface area contributed by atoms with Gasteiger partial charge in [-0.2, -0.15) is 0 Å². The van der Waals surface area contributed by atoms with Crippen LogP contribution < -0.4 is 0 Å². The summed E-state index contributed by atoms with van der Waals surface area (Å²) in [7, 11) is -2.73. The lowest BCUT2D eigenvalue weighted by atomic mass is 10.4. The van der Waals surface area contributed by atoms with E-state index in [1.165, 1.54) is 0 Å². The molecule has 1 saturated heterocycles. The summed E-state index contributed by atoms with van der Waals surface area (Å²) in [6.07, 6.45) is 0. The Labute approximate surface area is 73.2 Å². The molecule has 1 rings (SSSR count). The van der Waals surface area contributed by atoms with Crippen molar-refractivity contribution in [2.45, 2.75) is 0 Å². The lowest BCUT2D eigenvalue weighted by Crippen LogP contribution is -2.41. The number of hydrogen-bond acceptors (Lipinski definition) is 4. The Bertz CT molecular complexity index is 234. The van der Waals surface area contributed by atoms with Crippen molar-refractivity contribution in [3.8, 4) is 0 Å². The van der Waals surface area contributed by atoms with E-state index in [0.717, 1.165) is 6.54 Å². The van der Waals surface area contributed by atoms with Gasteiger partial charge >= 0.3 is 0 Å². The third kappa shape index (κ3) is 2.91. The topological polar surface area (TPSA) is 49.7 Å². The van der Waals surface area contributed by atoms with Gasteiger partial charge in [-0.25, -0.2) is 8.42 Å². The Morgan fingerprint density at radius 3 is 2.42 bits per heavy atom. The minimum absolute atomic E-state index is 0.296. The summed E-state index contributed by atoms with van der Waals surface area (Å²) >= 11 is 0. The lowest BCUT2D eigenvalue weighted by molar-refractivity contribution is 0.304. The zero-order chi connectivity index (χ0) is 9.03. The second kappa shape index (κ2) is 4.00. The number of hydrogen-bond donors (Lipinski definition) is 0. The molecule has 12 heavy (non-hydrogen) atoms. The lowest BCUT2D eigenvalue weighted by Gasteiger charge is -2.25. The molecule has 0 N–H and O–H groups in total. The van der Waals surface area contributed by atoms with E-state index in [9.17, 15) is 8.42 Å². The molecule has 0 aliphatic carbocycles. The van der Waals surface area contributed by atoms with Gasteiger partial charge in [0, 0.05) is 19.6 Å². The summed E-state index contributed by atoms with van der Waals surface area (Å²) < 4.78 is 22.0. The molecule has 1 heterocycles. The van der Waals surface area contributed by atoms with Crippen molar-refractivity contribution in [3.05, 3.63) is 0 Å². The number of aliphatic imine (C=N–C) groups is 1. The Kier molecular flexibility index (Phi) is 3.22. The average molecular weight is 190 g/mol. The molecule has 0 aromatic rings. The van der Waals surface area contributed by atoms with Gasteiger partial charge in [-0.1, -0.05) is 0 Å². The average Bonchev–Trinajstić information content (AvgIpc) is 2.03. The minimum atomic E-state index is -2.73. The summed E-state index contributed by atoms with van der Waals surface area (Å²) in [6.45, 7) is 6.21. The zero-order valence-electron chi connectivity index (χ0n) is 7.07. The Morgan fingerprint density at radius 1 is 1.33 bits per heavy atom. The van der Waals surface area contributed by atoms with Gasteiger partial charge in [0.1, 0.15) is 0 Å². The molecule has 0 spiro atoms. The van der Waals surface area contributed by atoms with E-state index >= 15 is 0 Å². The van der Waals surface area contributed by atoms with Crippen molar-refractivity contribution in [1.29, 1.82) is 0 Å². The van der Waals surface area contributed by atoms with Crippen LogP contribution in [0.2, 0.25) is 0 Å². The summed E-state index contributed by atoms with van der Waals surface area (Å²) in [5, 5.41) is 0. The first kappa shape index (κ1) is 9.67. The first-order valence-corrected chi connectivity index (χ1v) is 5.81. The van der Waals surface area contributed by atoms with Gasteiger partial charge < -0.3 is 0 Å². The fraction of sp³-hybridized carbons (Fsp3) is 0.857. The SMILES string of the molecule is C=NCCN1CCS(=O)(=O)CC1. The van der Waals surface area contributed by atoms with Crippen LogP contribution in [0, 0.1) is 0 Å². The molecular weight excluding hydrogens is 176 g/mol. The van der Waals surface area contributed by atoms with Crippen molar-refractivity contribution < 1.29 is 8.42 Å². The monoisotopic (exact) mass is 190 g/mol. The van der Waals surface area contributed by atoms with Crippen molar-refractivity contribution in [2.75, 3.05) is 37.7 Å². The molecule has 5 heteroatoms. The highest BCUT2D eigenvalue weighted by atomic mass is 32.2. The van der Waals surface area contributed by atoms with Crippen molar-refractivity contribution in [3.63, 3.8) is 0 Å². The highest BCUT2D eigenvalue weighted by Gasteiger charge is 2.20. The molecule has 0 aromatic carbocycles. The van der Waals surface area contributed by atoms with Crippen LogP contribution in [0.25, 0.3) is 0 Å². The molecule has 0 radical (unpaired) electrons. The highest BCUT2D eigenvalue weighted by Crippen LogP contribution is 2.02. The normalized spacial score (nSPS) is 23.7. The van der Waals surface area contributed by atoms with Crippen LogP contribution in [0.5, 0.6) is 0 Å². The molecule has 0 atom stereocenters. The number of sulfone groups is 1. The fourth-order valence-corrected chi connectivity index (χ4v) is 2.46. The molecule has 0 unspecified atom stereocenters. The third-order valence-corrected chi connectivity index (χ3v) is 3.62. The zero-order valence-corrected chi connectivity index (χ0v) is 7.89. The van der Waals surface area contributed by atoms with E-state index in [-0.39, 0.29) is 0 Å². The summed E-state index contributed by atoms with van der Waals surface area (Å²) in [5.74, 6) is 0.592. The molecule has 70 valence electrons. The van der Waals surface area contributed by atoms with Crippen LogP contribution in [-0.2, 0) is 9.84 Å². The molecule has 0 bridgehead atoms. The van der Waals surface area contributed by atoms with Gasteiger partial charge in [0.25, 0.3) is 0 Å². The van der Waals surface area contributed by atoms with Crippen LogP contribution >= 0.6 is 0 Å². The summed E-state index contributed by atoms with van der Waals surface area (Å²) in [4.78, 5) is 5.83. The molecule has 0 aromatic heterocycles. The summed E-state index contributed by atoms with van der Waals surface area (Å²) in [6, 6.07) is 0. The van der Waals surface area contributed by atoms with Gasteiger partial charge in [0.2, 0.25) is 0 Å². The van der Waals surface area contributed by atoms with Crippen LogP contribution in [0.15, 0.2) is 4.99 Å². The maximum atomic E-state index is 11.0. The van der Waals surface area contributed by atoms with E-state index in [4.69, 9.17) is 0 Å². The third-order valence-electron chi connectivity index (χ3n) is 2.01. The standard InChI is InChI=1S/C7H14N2O2S/c1-8-2-3-9-4-6-12(10,11)7-5-9/h1-7H2. The van der Waals surface area contributed by atoms with E-state index < -0.39 is 9.84 Å². The Hall–Kier alpha value is -0.420. The molecule has 0 saturated carbocycles. The second-order valence-electron chi connectivity index (χ2n) is 2.94. The van der Waals surface area contributed by atoms with Gasteiger partial charge in [0.15, 0.2) is 9.84 Å². The van der Waals surface area contributed by atoms with E-state index in [1.807, 2.05) is 0 Å². The van der Waals surface area contributed by atoms with Gasteiger partial charge in [0.05, 0.1) is 18.1 Å². The second-order valence-corrected chi connectivity index (χ2v) is 5.24. The molecule has 1 aliphatic heterocycles. The highest BCUT2D eigenvalue weighted by molar-refractivity contribution is 7.91. The van der Waals surface area contributed by atoms with E-state index in [0.29, 0.717) is 31.1 Å². The molecule has 1 fully saturated rings. The molecule has 4 nitrogen and oxygen atoms in total. The van der Waals surface area contributed by atoms with Crippen LogP contribution in [0.3, 0.4) is 0 Å². The maximum absolute atomic E-state index is 11.0. The number of rotatable bonds is 3. The molecule has 1 aliphatic rings. The first-order valence-electron chi connectivity index (χ1n) is 3.99. The van der Waals surface area contributed by atoms with Crippen LogP contribution in [0.1, 0.15) is 0 Å². The Balaban J connectivity index is 2.31. The smallest absolute Gasteiger partial charge is 0.152 e. The summed E-state index contributed by atoms with van der Waals surface area (Å²) in [5.41, 5.74) is 0. The van der Waals surface area contributed by atoms with Crippen molar-refractivity contribution in [1.82, 2.24) is 4.90 Å². The quantitative estimate of drug-likeness (QED) is 0.559. The Morgan fingerprint density at radius 2 is 1.92 bits per heavy atom. The van der Waals surface area contributed by atoms with Crippen molar-refractivity contribution in [2.24, 2.45) is 4.99 Å². The fourth-order valence-electron chi connectivity index (χ4n) is 1.19. The van der Waals surface area contributed by atoms with E-state index in [1.54, 1.807) is 0 Å². The van der Waals surface area contributed by atoms with E-state index in [2.05, 4.69) is 16.6 Å².